The minimum absolute atomic E-state index is 0.00483. The number of nitrogens with zero attached hydrogens (tertiary/aromatic N) is 1. The van der Waals surface area contributed by atoms with Gasteiger partial charge in [-0.25, -0.2) is 4.98 Å². The number of hydrogen-bond acceptors (Lipinski definition) is 7. The minimum Gasteiger partial charge on any atom is -0.431 e. The molecule has 6 rings (SSSR count). The fourth-order valence-electron chi connectivity index (χ4n) is 7.51. The molecule has 0 aliphatic carbocycles. The molecule has 1 saturated heterocycles. The van der Waals surface area contributed by atoms with E-state index in [4.69, 9.17) is 18.9 Å². The largest absolute Gasteiger partial charge is 0.431 e. The van der Waals surface area contributed by atoms with Gasteiger partial charge in [-0.15, -0.1) is 0 Å². The first kappa shape index (κ1) is 43.4. The number of carbonyl (C=O) groups excluding carboxylic acids is 1. The highest BCUT2D eigenvalue weighted by atomic mass is 32.2. The van der Waals surface area contributed by atoms with Gasteiger partial charge in [-0.2, -0.15) is 0 Å². The van der Waals surface area contributed by atoms with E-state index in [0.29, 0.717) is 30.4 Å². The van der Waals surface area contributed by atoms with Gasteiger partial charge >= 0.3 is 0 Å². The second kappa shape index (κ2) is 24.0. The van der Waals surface area contributed by atoms with E-state index in [1.165, 1.54) is 70.6 Å². The lowest BCUT2D eigenvalue weighted by Crippen LogP contribution is -2.31. The predicted octanol–water partition coefficient (Wildman–Crippen LogP) is 12.9. The lowest BCUT2D eigenvalue weighted by atomic mass is 10.0. The first-order valence-electron chi connectivity index (χ1n) is 21.7. The summed E-state index contributed by atoms with van der Waals surface area (Å²) in [5.74, 6) is 1.48. The number of oxazole rings is 1. The molecule has 3 atom stereocenters. The number of aromatic nitrogens is 1. The van der Waals surface area contributed by atoms with Crippen LogP contribution >= 0.6 is 11.8 Å². The van der Waals surface area contributed by atoms with Crippen molar-refractivity contribution in [1.82, 2.24) is 10.3 Å². The molecule has 0 spiro atoms. The quantitative estimate of drug-likeness (QED) is 0.0474. The summed E-state index contributed by atoms with van der Waals surface area (Å²) in [6, 6.07) is 36.3. The molecule has 1 aromatic heterocycles. The van der Waals surface area contributed by atoms with Crippen LogP contribution in [-0.2, 0) is 27.4 Å². The molecule has 1 aliphatic heterocycles. The molecular weight excluding hydrogens is 741 g/mol. The number of carbonyl (C=O) groups is 1. The van der Waals surface area contributed by atoms with Crippen molar-refractivity contribution >= 4 is 17.7 Å². The summed E-state index contributed by atoms with van der Waals surface area (Å²) in [4.78, 5) is 17.6. The lowest BCUT2D eigenvalue weighted by Gasteiger charge is -2.36. The Bertz CT molecular complexity index is 1840. The first-order valence-corrected chi connectivity index (χ1v) is 22.7. The summed E-state index contributed by atoms with van der Waals surface area (Å²) in [5.41, 5.74) is 6.65. The highest BCUT2D eigenvalue weighted by molar-refractivity contribution is 7.99. The van der Waals surface area contributed by atoms with Gasteiger partial charge in [0.25, 0.3) is 5.22 Å². The Morgan fingerprint density at radius 3 is 1.88 bits per heavy atom. The third-order valence-corrected chi connectivity index (χ3v) is 11.9. The average Bonchev–Trinajstić information content (AvgIpc) is 3.72. The normalized spacial score (nSPS) is 16.7. The number of aliphatic hydroxyl groups excluding tert-OH is 1. The monoisotopic (exact) mass is 802 g/mol. The van der Waals surface area contributed by atoms with Crippen molar-refractivity contribution in [3.8, 4) is 22.6 Å². The van der Waals surface area contributed by atoms with Gasteiger partial charge in [-0.05, 0) is 23.1 Å². The van der Waals surface area contributed by atoms with Crippen LogP contribution in [0, 0.1) is 0 Å². The lowest BCUT2D eigenvalue weighted by molar-refractivity contribution is -0.245. The second-order valence-corrected chi connectivity index (χ2v) is 16.5. The number of amides is 1. The zero-order valence-electron chi connectivity index (χ0n) is 34.3. The van der Waals surface area contributed by atoms with Crippen LogP contribution in [-0.4, -0.2) is 27.9 Å². The van der Waals surface area contributed by atoms with Gasteiger partial charge in [-0.3, -0.25) is 4.79 Å². The van der Waals surface area contributed by atoms with Crippen LogP contribution in [0.3, 0.4) is 0 Å². The van der Waals surface area contributed by atoms with Gasteiger partial charge in [-0.1, -0.05) is 205 Å². The van der Waals surface area contributed by atoms with E-state index in [1.807, 2.05) is 97.1 Å². The van der Waals surface area contributed by atoms with E-state index in [9.17, 15) is 9.90 Å². The number of ether oxygens (including phenoxy) is 2. The molecule has 1 fully saturated rings. The van der Waals surface area contributed by atoms with Gasteiger partial charge in [0.05, 0.1) is 18.8 Å². The van der Waals surface area contributed by atoms with Crippen LogP contribution in [0.15, 0.2) is 119 Å². The fraction of sp³-hybridized carbons (Fsp3) is 0.440. The SMILES string of the molecule is CCCCCCCCCCCCCCCC(=O)NCc1ccc(C2OC(CSc3nc(-c4ccccc4)c(-c4ccccc4)o3)CC(c3ccc(CO)cc3)O2)cc1. The number of thioether (sulfide) groups is 1. The van der Waals surface area contributed by atoms with Crippen molar-refractivity contribution < 1.29 is 23.8 Å². The highest BCUT2D eigenvalue weighted by Gasteiger charge is 2.33. The van der Waals surface area contributed by atoms with Gasteiger partial charge in [0.15, 0.2) is 12.1 Å². The summed E-state index contributed by atoms with van der Waals surface area (Å²) in [6.07, 6.45) is 17.2. The maximum absolute atomic E-state index is 12.6. The summed E-state index contributed by atoms with van der Waals surface area (Å²) in [7, 11) is 0. The third-order valence-electron chi connectivity index (χ3n) is 10.9. The summed E-state index contributed by atoms with van der Waals surface area (Å²) < 4.78 is 19.6. The summed E-state index contributed by atoms with van der Waals surface area (Å²) >= 11 is 1.55. The van der Waals surface area contributed by atoms with Gasteiger partial charge < -0.3 is 24.3 Å². The van der Waals surface area contributed by atoms with E-state index >= 15 is 0 Å². The standard InChI is InChI=1S/C50H62N2O5S/c1-2-3-4-5-6-7-8-9-10-11-12-13-20-25-46(54)51-35-38-26-32-43(33-27-38)49-55-44(34-45(56-49)40-30-28-39(36-53)29-31-40)37-58-50-52-47(41-21-16-14-17-22-41)48(57-50)42-23-18-15-19-24-42/h14-19,21-24,26-33,44-45,49,53H,2-13,20,25,34-37H2,1H3,(H,51,54). The maximum atomic E-state index is 12.6. The molecule has 8 heteroatoms. The maximum Gasteiger partial charge on any atom is 0.256 e. The molecule has 4 aromatic carbocycles. The van der Waals surface area contributed by atoms with Crippen LogP contribution in [0.25, 0.3) is 22.6 Å². The zero-order valence-corrected chi connectivity index (χ0v) is 35.1. The van der Waals surface area contributed by atoms with Gasteiger partial charge in [0.1, 0.15) is 5.69 Å². The molecule has 5 aromatic rings. The van der Waals surface area contributed by atoms with Crippen molar-refractivity contribution in [3.63, 3.8) is 0 Å². The Morgan fingerprint density at radius 1 is 0.690 bits per heavy atom. The highest BCUT2D eigenvalue weighted by Crippen LogP contribution is 2.41. The second-order valence-electron chi connectivity index (χ2n) is 15.6. The molecule has 7 nitrogen and oxygen atoms in total. The molecule has 308 valence electrons. The van der Waals surface area contributed by atoms with Crippen molar-refractivity contribution in [3.05, 3.63) is 131 Å². The molecule has 2 heterocycles. The van der Waals surface area contributed by atoms with Crippen LogP contribution in [0.2, 0.25) is 0 Å². The molecule has 58 heavy (non-hydrogen) atoms. The number of rotatable bonds is 24. The van der Waals surface area contributed by atoms with Crippen LogP contribution in [0.4, 0.5) is 0 Å². The van der Waals surface area contributed by atoms with Crippen molar-refractivity contribution in [2.24, 2.45) is 0 Å². The van der Waals surface area contributed by atoms with E-state index in [-0.39, 0.29) is 24.7 Å². The number of unbranched alkanes of at least 4 members (excludes halogenated alkanes) is 12. The van der Waals surface area contributed by atoms with Crippen LogP contribution < -0.4 is 5.32 Å². The Balaban J connectivity index is 0.997. The third kappa shape index (κ3) is 13.7. The molecule has 3 unspecified atom stereocenters. The van der Waals surface area contributed by atoms with E-state index in [1.54, 1.807) is 11.8 Å². The fourth-order valence-corrected chi connectivity index (χ4v) is 8.35. The Labute approximate surface area is 350 Å². The molecule has 2 N–H and O–H groups in total. The molecule has 0 radical (unpaired) electrons. The van der Waals surface area contributed by atoms with Crippen molar-refractivity contribution in [2.45, 2.75) is 140 Å². The number of nitrogens with one attached hydrogen (secondary N) is 1. The van der Waals surface area contributed by atoms with E-state index in [0.717, 1.165) is 57.7 Å². The number of aliphatic hydroxyl groups is 1. The van der Waals surface area contributed by atoms with Crippen LogP contribution in [0.1, 0.15) is 138 Å². The summed E-state index contributed by atoms with van der Waals surface area (Å²) in [6.45, 7) is 2.76. The van der Waals surface area contributed by atoms with Gasteiger partial charge in [0.2, 0.25) is 5.91 Å². The number of hydrogen-bond donors (Lipinski definition) is 2. The Morgan fingerprint density at radius 2 is 1.26 bits per heavy atom. The van der Waals surface area contributed by atoms with Gasteiger partial charge in [0, 0.05) is 41.8 Å². The minimum atomic E-state index is -0.578. The first-order chi connectivity index (χ1) is 28.6. The average molecular weight is 803 g/mol. The van der Waals surface area contributed by atoms with Crippen LogP contribution in [0.5, 0.6) is 0 Å². The molecule has 0 saturated carbocycles. The van der Waals surface area contributed by atoms with E-state index in [2.05, 4.69) is 24.4 Å². The van der Waals surface area contributed by atoms with Crippen molar-refractivity contribution in [2.75, 3.05) is 5.75 Å². The van der Waals surface area contributed by atoms with Crippen molar-refractivity contribution in [1.29, 1.82) is 0 Å². The zero-order chi connectivity index (χ0) is 40.2. The topological polar surface area (TPSA) is 93.8 Å². The molecule has 0 bridgehead atoms. The predicted molar refractivity (Wildman–Crippen MR) is 235 cm³/mol. The number of benzene rings is 4. The smallest absolute Gasteiger partial charge is 0.256 e. The Hall–Kier alpha value is -4.21. The molecule has 1 aliphatic rings. The molecule has 1 amide bonds. The Kier molecular flexibility index (Phi) is 18.0. The molecular formula is C50H62N2O5S. The summed E-state index contributed by atoms with van der Waals surface area (Å²) in [5, 5.41) is 13.3. The van der Waals surface area contributed by atoms with E-state index < -0.39 is 6.29 Å².